The van der Waals surface area contributed by atoms with Crippen molar-refractivity contribution in [3.8, 4) is 0 Å². The molecule has 0 bridgehead atoms. The van der Waals surface area contributed by atoms with E-state index >= 15 is 0 Å². The lowest BCUT2D eigenvalue weighted by molar-refractivity contribution is -0.138. The molecule has 0 amide bonds. The van der Waals surface area contributed by atoms with Gasteiger partial charge in [-0.3, -0.25) is 4.79 Å². The maximum atomic E-state index is 13.7. The van der Waals surface area contributed by atoms with Crippen LogP contribution in [0.4, 0.5) is 8.78 Å². The minimum atomic E-state index is -0.944. The summed E-state index contributed by atoms with van der Waals surface area (Å²) in [5.41, 5.74) is 4.12. The van der Waals surface area contributed by atoms with Crippen molar-refractivity contribution in [1.29, 1.82) is 0 Å². The summed E-state index contributed by atoms with van der Waals surface area (Å²) in [7, 11) is 0. The fraction of sp³-hybridized carbons (Fsp3) is 0.314. The van der Waals surface area contributed by atoms with Crippen LogP contribution in [-0.4, -0.2) is 26.9 Å². The molecule has 3 aromatic carbocycles. The molecule has 7 heteroatoms. The number of thioether (sulfide) groups is 1. The normalized spacial score (nSPS) is 15.3. The van der Waals surface area contributed by atoms with E-state index < -0.39 is 23.2 Å². The fourth-order valence-corrected chi connectivity index (χ4v) is 6.96. The molecule has 4 aromatic rings. The van der Waals surface area contributed by atoms with Crippen LogP contribution in [0.25, 0.3) is 23.1 Å². The Bertz CT molecular complexity index is 1620. The summed E-state index contributed by atoms with van der Waals surface area (Å²) in [6, 6.07) is 22.0. The predicted molar refractivity (Wildman–Crippen MR) is 166 cm³/mol. The van der Waals surface area contributed by atoms with Gasteiger partial charge in [-0.1, -0.05) is 60.7 Å². The maximum Gasteiger partial charge on any atom is 0.303 e. The van der Waals surface area contributed by atoms with E-state index in [0.717, 1.165) is 65.8 Å². The molecule has 5 rings (SSSR count). The van der Waals surface area contributed by atoms with Gasteiger partial charge in [0, 0.05) is 22.5 Å². The topological polar surface area (TPSA) is 70.4 Å². The molecule has 1 aliphatic rings. The minimum Gasteiger partial charge on any atom is -0.481 e. The summed E-state index contributed by atoms with van der Waals surface area (Å²) < 4.78 is 27.3. The van der Waals surface area contributed by atoms with E-state index in [0.29, 0.717) is 16.6 Å². The van der Waals surface area contributed by atoms with Gasteiger partial charge in [-0.25, -0.2) is 13.8 Å². The highest BCUT2D eigenvalue weighted by Crippen LogP contribution is 2.53. The number of rotatable bonds is 12. The number of pyridine rings is 1. The van der Waals surface area contributed by atoms with Gasteiger partial charge in [0.25, 0.3) is 0 Å². The largest absolute Gasteiger partial charge is 0.481 e. The van der Waals surface area contributed by atoms with Gasteiger partial charge in [0.2, 0.25) is 0 Å². The second-order valence-corrected chi connectivity index (χ2v) is 13.0. The fourth-order valence-electron chi connectivity index (χ4n) is 5.39. The van der Waals surface area contributed by atoms with E-state index in [1.54, 1.807) is 26.0 Å². The van der Waals surface area contributed by atoms with Gasteiger partial charge in [-0.2, -0.15) is 11.8 Å². The molecule has 0 saturated heterocycles. The summed E-state index contributed by atoms with van der Waals surface area (Å²) in [5, 5.41) is 20.8. The zero-order valence-electron chi connectivity index (χ0n) is 23.8. The Balaban J connectivity index is 1.37. The highest BCUT2D eigenvalue weighted by atomic mass is 32.2. The van der Waals surface area contributed by atoms with Crippen molar-refractivity contribution in [2.75, 3.05) is 5.75 Å². The Morgan fingerprint density at radius 3 is 2.52 bits per heavy atom. The molecular formula is C35H35F2NO3S. The number of aromatic nitrogens is 1. The zero-order chi connectivity index (χ0) is 29.9. The van der Waals surface area contributed by atoms with E-state index in [4.69, 9.17) is 0 Å². The first-order valence-electron chi connectivity index (χ1n) is 14.2. The highest BCUT2D eigenvalue weighted by molar-refractivity contribution is 7.99. The standard InChI is InChI=1S/C35H35F2NO3S/c1-34(2,41)28-9-4-3-7-24(28)12-15-32(42-22-35(16-17-35)21-33(39)40)26-8-5-6-23(18-26)10-13-27-14-11-25-19-29(36)30(37)20-31(25)38-27/h3-11,13-14,18-20,32,41H,12,15-17,21-22H2,1-2H3,(H,39,40)/b13-10+/t32-/m1/s1. The number of aliphatic hydroxyl groups is 1. The monoisotopic (exact) mass is 587 g/mol. The molecule has 0 aliphatic heterocycles. The average molecular weight is 588 g/mol. The van der Waals surface area contributed by atoms with E-state index in [2.05, 4.69) is 23.2 Å². The molecule has 0 unspecified atom stereocenters. The van der Waals surface area contributed by atoms with Crippen LogP contribution in [-0.2, 0) is 16.8 Å². The molecular weight excluding hydrogens is 552 g/mol. The molecule has 1 atom stereocenters. The van der Waals surface area contributed by atoms with E-state index in [1.165, 1.54) is 0 Å². The maximum absolute atomic E-state index is 13.7. The number of benzene rings is 3. The lowest BCUT2D eigenvalue weighted by Gasteiger charge is -2.24. The molecule has 1 heterocycles. The smallest absolute Gasteiger partial charge is 0.303 e. The van der Waals surface area contributed by atoms with Crippen molar-refractivity contribution < 1.29 is 23.8 Å². The third-order valence-corrected chi connectivity index (χ3v) is 9.60. The number of carboxylic acid groups (broad SMARTS) is 1. The third-order valence-electron chi connectivity index (χ3n) is 7.91. The SMILES string of the molecule is CC(C)(O)c1ccccc1CC[C@@H](SCC1(CC(=O)O)CC1)c1cccc(/C=C/c2ccc3cc(F)c(F)cc3n2)c1. The Morgan fingerprint density at radius 1 is 1.02 bits per heavy atom. The first kappa shape index (κ1) is 29.9. The Kier molecular flexibility index (Phi) is 8.81. The number of aryl methyl sites for hydroxylation is 1. The number of nitrogens with zero attached hydrogens (tertiary/aromatic N) is 1. The average Bonchev–Trinajstić information content (AvgIpc) is 3.71. The molecule has 2 N–H and O–H groups in total. The number of fused-ring (bicyclic) bond motifs is 1. The van der Waals surface area contributed by atoms with Crippen LogP contribution in [0.15, 0.2) is 72.8 Å². The van der Waals surface area contributed by atoms with Crippen molar-refractivity contribution in [2.45, 2.75) is 56.8 Å². The molecule has 42 heavy (non-hydrogen) atoms. The minimum absolute atomic E-state index is 0.124. The van der Waals surface area contributed by atoms with Crippen molar-refractivity contribution in [2.24, 2.45) is 5.41 Å². The van der Waals surface area contributed by atoms with Crippen LogP contribution in [0.3, 0.4) is 0 Å². The Hall–Kier alpha value is -3.55. The molecule has 218 valence electrons. The molecule has 1 aromatic heterocycles. The first-order valence-corrected chi connectivity index (χ1v) is 15.2. The molecule has 1 aliphatic carbocycles. The van der Waals surface area contributed by atoms with Crippen molar-refractivity contribution in [3.63, 3.8) is 0 Å². The number of hydrogen-bond donors (Lipinski definition) is 2. The van der Waals surface area contributed by atoms with Gasteiger partial charge in [0.15, 0.2) is 11.6 Å². The van der Waals surface area contributed by atoms with Gasteiger partial charge < -0.3 is 10.2 Å². The highest BCUT2D eigenvalue weighted by Gasteiger charge is 2.44. The number of hydrogen-bond acceptors (Lipinski definition) is 4. The molecule has 0 radical (unpaired) electrons. The number of carboxylic acids is 1. The van der Waals surface area contributed by atoms with E-state index in [1.807, 2.05) is 54.2 Å². The van der Waals surface area contributed by atoms with Gasteiger partial charge in [-0.05, 0) is 85.4 Å². The van der Waals surface area contributed by atoms with Crippen LogP contribution in [0.1, 0.15) is 72.7 Å². The van der Waals surface area contributed by atoms with Crippen molar-refractivity contribution in [1.82, 2.24) is 4.98 Å². The lowest BCUT2D eigenvalue weighted by Crippen LogP contribution is -2.18. The number of aliphatic carboxylic acids is 1. The second kappa shape index (κ2) is 12.4. The molecule has 4 nitrogen and oxygen atoms in total. The van der Waals surface area contributed by atoms with Crippen LogP contribution >= 0.6 is 11.8 Å². The third kappa shape index (κ3) is 7.44. The van der Waals surface area contributed by atoms with Crippen molar-refractivity contribution >= 4 is 40.8 Å². The van der Waals surface area contributed by atoms with Crippen LogP contribution < -0.4 is 0 Å². The van der Waals surface area contributed by atoms with Crippen LogP contribution in [0.5, 0.6) is 0 Å². The summed E-state index contributed by atoms with van der Waals surface area (Å²) in [4.78, 5) is 15.9. The summed E-state index contributed by atoms with van der Waals surface area (Å²) in [6.45, 7) is 3.60. The van der Waals surface area contributed by atoms with Crippen LogP contribution in [0, 0.1) is 17.0 Å². The van der Waals surface area contributed by atoms with Crippen molar-refractivity contribution in [3.05, 3.63) is 112 Å². The number of carbonyl (C=O) groups is 1. The quantitative estimate of drug-likeness (QED) is 0.174. The number of halogens is 2. The van der Waals surface area contributed by atoms with E-state index in [-0.39, 0.29) is 17.1 Å². The molecule has 1 fully saturated rings. The van der Waals surface area contributed by atoms with Crippen LogP contribution in [0.2, 0.25) is 0 Å². The zero-order valence-corrected chi connectivity index (χ0v) is 24.6. The Morgan fingerprint density at radius 2 is 1.79 bits per heavy atom. The summed E-state index contributed by atoms with van der Waals surface area (Å²) in [6.07, 6.45) is 7.51. The van der Waals surface area contributed by atoms with E-state index in [9.17, 15) is 23.8 Å². The molecule has 0 spiro atoms. The first-order chi connectivity index (χ1) is 20.0. The van der Waals surface area contributed by atoms with Gasteiger partial charge in [0.1, 0.15) is 0 Å². The van der Waals surface area contributed by atoms with Gasteiger partial charge >= 0.3 is 5.97 Å². The van der Waals surface area contributed by atoms with Gasteiger partial charge in [-0.15, -0.1) is 0 Å². The summed E-state index contributed by atoms with van der Waals surface area (Å²) >= 11 is 1.82. The van der Waals surface area contributed by atoms with Gasteiger partial charge in [0.05, 0.1) is 23.2 Å². The summed E-state index contributed by atoms with van der Waals surface area (Å²) in [5.74, 6) is -1.77. The Labute approximate surface area is 249 Å². The molecule has 1 saturated carbocycles. The predicted octanol–water partition coefficient (Wildman–Crippen LogP) is 8.57. The second-order valence-electron chi connectivity index (χ2n) is 11.8. The lowest BCUT2D eigenvalue weighted by atomic mass is 9.90.